The maximum atomic E-state index is 10.8. The largest absolute Gasteiger partial charge is 0.352 e. The van der Waals surface area contributed by atoms with Gasteiger partial charge < -0.3 is 5.32 Å². The normalized spacial score (nSPS) is 10.4. The van der Waals surface area contributed by atoms with Crippen molar-refractivity contribution in [2.24, 2.45) is 0 Å². The highest BCUT2D eigenvalue weighted by Crippen LogP contribution is 2.16. The first-order valence-electron chi connectivity index (χ1n) is 6.42. The molecule has 1 N–H and O–H groups in total. The van der Waals surface area contributed by atoms with Gasteiger partial charge in [-0.05, 0) is 24.1 Å². The lowest BCUT2D eigenvalue weighted by Crippen LogP contribution is -2.18. The summed E-state index contributed by atoms with van der Waals surface area (Å²) in [4.78, 5) is 15.3. The molecule has 0 radical (unpaired) electrons. The fourth-order valence-corrected chi connectivity index (χ4v) is 1.85. The van der Waals surface area contributed by atoms with Crippen molar-refractivity contribution >= 4 is 5.91 Å². The number of aryl methyl sites for hydroxylation is 1. The summed E-state index contributed by atoms with van der Waals surface area (Å²) < 4.78 is 1.95. The second kappa shape index (κ2) is 6.13. The summed E-state index contributed by atoms with van der Waals surface area (Å²) in [5.41, 5.74) is 2.91. The van der Waals surface area contributed by atoms with E-state index in [1.54, 1.807) is 12.4 Å². The van der Waals surface area contributed by atoms with Gasteiger partial charge in [0.15, 0.2) is 0 Å². The van der Waals surface area contributed by atoms with Gasteiger partial charge in [-0.2, -0.15) is 5.10 Å². The van der Waals surface area contributed by atoms with Gasteiger partial charge in [0.25, 0.3) is 0 Å². The van der Waals surface area contributed by atoms with Crippen LogP contribution in [-0.4, -0.2) is 20.7 Å². The van der Waals surface area contributed by atoms with Crippen LogP contribution in [0.5, 0.6) is 0 Å². The number of rotatable bonds is 5. The molecule has 0 aliphatic rings. The van der Waals surface area contributed by atoms with Crippen LogP contribution in [0.2, 0.25) is 0 Å². The van der Waals surface area contributed by atoms with Gasteiger partial charge in [0.2, 0.25) is 5.91 Å². The molecule has 100 valence electrons. The standard InChI is InChI=1S/C14H18N4O/c1-3-8-18-14(6-7-17-18)13-5-4-12(10-16-13)9-15-11(2)19/h4-7,10H,3,8-9H2,1-2H3,(H,15,19). The molecule has 0 aliphatic heterocycles. The number of pyridine rings is 1. The molecule has 2 aromatic heterocycles. The number of carbonyl (C=O) groups is 1. The highest BCUT2D eigenvalue weighted by Gasteiger charge is 2.06. The number of nitrogens with one attached hydrogen (secondary N) is 1. The summed E-state index contributed by atoms with van der Waals surface area (Å²) in [7, 11) is 0. The molecule has 5 nitrogen and oxygen atoms in total. The van der Waals surface area contributed by atoms with E-state index >= 15 is 0 Å². The lowest BCUT2D eigenvalue weighted by Gasteiger charge is -2.07. The maximum absolute atomic E-state index is 10.8. The predicted octanol–water partition coefficient (Wildman–Crippen LogP) is 1.99. The van der Waals surface area contributed by atoms with Crippen molar-refractivity contribution in [1.29, 1.82) is 0 Å². The van der Waals surface area contributed by atoms with Gasteiger partial charge in [0, 0.05) is 32.4 Å². The van der Waals surface area contributed by atoms with Crippen molar-refractivity contribution in [2.45, 2.75) is 33.4 Å². The molecule has 0 saturated heterocycles. The summed E-state index contributed by atoms with van der Waals surface area (Å²) >= 11 is 0. The Labute approximate surface area is 112 Å². The molecule has 0 fully saturated rings. The minimum Gasteiger partial charge on any atom is -0.352 e. The molecule has 0 bridgehead atoms. The number of hydrogen-bond donors (Lipinski definition) is 1. The average molecular weight is 258 g/mol. The minimum absolute atomic E-state index is 0.0369. The number of nitrogens with zero attached hydrogens (tertiary/aromatic N) is 3. The van der Waals surface area contributed by atoms with E-state index in [9.17, 15) is 4.79 Å². The van der Waals surface area contributed by atoms with Crippen molar-refractivity contribution < 1.29 is 4.79 Å². The van der Waals surface area contributed by atoms with Crippen LogP contribution >= 0.6 is 0 Å². The predicted molar refractivity (Wildman–Crippen MR) is 73.3 cm³/mol. The van der Waals surface area contributed by atoms with Crippen LogP contribution in [0.25, 0.3) is 11.4 Å². The molecule has 1 amide bonds. The summed E-state index contributed by atoms with van der Waals surface area (Å²) in [5.74, 6) is -0.0369. The smallest absolute Gasteiger partial charge is 0.217 e. The first kappa shape index (κ1) is 13.3. The lowest BCUT2D eigenvalue weighted by atomic mass is 10.2. The summed E-state index contributed by atoms with van der Waals surface area (Å²) in [6, 6.07) is 5.90. The SMILES string of the molecule is CCCn1nccc1-c1ccc(CNC(C)=O)cn1. The van der Waals surface area contributed by atoms with Crippen LogP contribution in [-0.2, 0) is 17.9 Å². The summed E-state index contributed by atoms with van der Waals surface area (Å²) in [5, 5.41) is 7.04. The molecule has 0 unspecified atom stereocenters. The molecular weight excluding hydrogens is 240 g/mol. The first-order valence-corrected chi connectivity index (χ1v) is 6.42. The molecule has 0 atom stereocenters. The van der Waals surface area contributed by atoms with E-state index in [2.05, 4.69) is 22.3 Å². The molecule has 2 aromatic rings. The Morgan fingerprint density at radius 2 is 2.21 bits per heavy atom. The number of hydrogen-bond acceptors (Lipinski definition) is 3. The Morgan fingerprint density at radius 1 is 1.37 bits per heavy atom. The van der Waals surface area contributed by atoms with E-state index in [-0.39, 0.29) is 5.91 Å². The van der Waals surface area contributed by atoms with Crippen LogP contribution in [0.1, 0.15) is 25.8 Å². The van der Waals surface area contributed by atoms with Crippen molar-refractivity contribution in [2.75, 3.05) is 0 Å². The van der Waals surface area contributed by atoms with Crippen LogP contribution in [0.4, 0.5) is 0 Å². The van der Waals surface area contributed by atoms with Gasteiger partial charge in [-0.15, -0.1) is 0 Å². The monoisotopic (exact) mass is 258 g/mol. The molecule has 2 rings (SSSR count). The van der Waals surface area contributed by atoms with Gasteiger partial charge in [0.05, 0.1) is 11.4 Å². The third kappa shape index (κ3) is 3.40. The quantitative estimate of drug-likeness (QED) is 0.892. The minimum atomic E-state index is -0.0369. The van der Waals surface area contributed by atoms with Gasteiger partial charge in [0.1, 0.15) is 0 Å². The maximum Gasteiger partial charge on any atom is 0.217 e. The van der Waals surface area contributed by atoms with E-state index in [0.717, 1.165) is 29.9 Å². The van der Waals surface area contributed by atoms with E-state index in [0.29, 0.717) is 6.54 Å². The average Bonchev–Trinajstić information content (AvgIpc) is 2.86. The molecule has 19 heavy (non-hydrogen) atoms. The third-order valence-electron chi connectivity index (χ3n) is 2.78. The van der Waals surface area contributed by atoms with Crippen LogP contribution in [0, 0.1) is 0 Å². The zero-order valence-corrected chi connectivity index (χ0v) is 11.3. The van der Waals surface area contributed by atoms with E-state index in [4.69, 9.17) is 0 Å². The van der Waals surface area contributed by atoms with Crippen molar-refractivity contribution in [3.05, 3.63) is 36.2 Å². The van der Waals surface area contributed by atoms with E-state index in [1.807, 2.05) is 22.9 Å². The molecular formula is C14H18N4O. The number of aromatic nitrogens is 3. The van der Waals surface area contributed by atoms with Gasteiger partial charge in [-0.3, -0.25) is 14.5 Å². The Kier molecular flexibility index (Phi) is 4.28. The fraction of sp³-hybridized carbons (Fsp3) is 0.357. The van der Waals surface area contributed by atoms with Gasteiger partial charge in [-0.25, -0.2) is 0 Å². The Balaban J connectivity index is 2.13. The van der Waals surface area contributed by atoms with E-state index < -0.39 is 0 Å². The first-order chi connectivity index (χ1) is 9.20. The lowest BCUT2D eigenvalue weighted by molar-refractivity contribution is -0.119. The summed E-state index contributed by atoms with van der Waals surface area (Å²) in [6.07, 6.45) is 4.61. The Hall–Kier alpha value is -2.17. The second-order valence-corrected chi connectivity index (χ2v) is 4.40. The van der Waals surface area contributed by atoms with Crippen LogP contribution in [0.3, 0.4) is 0 Å². The highest BCUT2D eigenvalue weighted by molar-refractivity contribution is 5.72. The molecule has 0 spiro atoms. The molecule has 2 heterocycles. The van der Waals surface area contributed by atoms with Crippen molar-refractivity contribution in [3.63, 3.8) is 0 Å². The van der Waals surface area contributed by atoms with Gasteiger partial charge in [-0.1, -0.05) is 13.0 Å². The topological polar surface area (TPSA) is 59.8 Å². The van der Waals surface area contributed by atoms with Crippen molar-refractivity contribution in [3.8, 4) is 11.4 Å². The third-order valence-corrected chi connectivity index (χ3v) is 2.78. The zero-order valence-electron chi connectivity index (χ0n) is 11.3. The Bertz CT molecular complexity index is 545. The van der Waals surface area contributed by atoms with E-state index in [1.165, 1.54) is 6.92 Å². The van der Waals surface area contributed by atoms with Crippen LogP contribution < -0.4 is 5.32 Å². The molecule has 5 heteroatoms. The molecule has 0 aromatic carbocycles. The second-order valence-electron chi connectivity index (χ2n) is 4.40. The molecule has 0 saturated carbocycles. The highest BCUT2D eigenvalue weighted by atomic mass is 16.1. The van der Waals surface area contributed by atoms with Crippen LogP contribution in [0.15, 0.2) is 30.6 Å². The Morgan fingerprint density at radius 3 is 2.84 bits per heavy atom. The van der Waals surface area contributed by atoms with Gasteiger partial charge >= 0.3 is 0 Å². The summed E-state index contributed by atoms with van der Waals surface area (Å²) in [6.45, 7) is 5.02. The number of carbonyl (C=O) groups excluding carboxylic acids is 1. The van der Waals surface area contributed by atoms with Crippen molar-refractivity contribution in [1.82, 2.24) is 20.1 Å². The fourth-order valence-electron chi connectivity index (χ4n) is 1.85. The zero-order chi connectivity index (χ0) is 13.7. The molecule has 0 aliphatic carbocycles. The number of amides is 1.